The summed E-state index contributed by atoms with van der Waals surface area (Å²) in [5.74, 6) is 0. The monoisotopic (exact) mass is 160 g/mol. The van der Waals surface area contributed by atoms with Crippen LogP contribution in [0.4, 0.5) is 0 Å². The average molecular weight is 160 g/mol. The Morgan fingerprint density at radius 2 is 2.20 bits per heavy atom. The van der Waals surface area contributed by atoms with Gasteiger partial charge in [-0.3, -0.25) is 0 Å². The molecule has 0 heterocycles. The minimum atomic E-state index is 0.917. The molecule has 26 valence electrons. The second-order valence-electron chi connectivity index (χ2n) is 1.09. The van der Waals surface area contributed by atoms with Gasteiger partial charge in [-0.05, 0) is 0 Å². The molecule has 2 heteroatoms. The molecule has 0 radical (unpaired) electrons. The number of rotatable bonds is 1. The van der Waals surface area contributed by atoms with Gasteiger partial charge >= 0.3 is 56.2 Å². The summed E-state index contributed by atoms with van der Waals surface area (Å²) in [6.45, 7) is 3.63. The van der Waals surface area contributed by atoms with Crippen LogP contribution in [0.2, 0.25) is 2.35 Å². The fraction of sp³-hybridized carbons (Fsp3) is 0.333. The molecule has 0 saturated carbocycles. The first kappa shape index (κ1) is 6.06. The van der Waals surface area contributed by atoms with Gasteiger partial charge in [-0.25, -0.2) is 0 Å². The van der Waals surface area contributed by atoms with E-state index in [2.05, 4.69) is 6.58 Å². The van der Waals surface area contributed by atoms with Crippen LogP contribution in [0.15, 0.2) is 12.7 Å². The van der Waals surface area contributed by atoms with Gasteiger partial charge in [-0.2, -0.15) is 0 Å². The van der Waals surface area contributed by atoms with Crippen LogP contribution in [0.5, 0.6) is 0 Å². The van der Waals surface area contributed by atoms with Crippen molar-refractivity contribution in [3.8, 4) is 0 Å². The van der Waals surface area contributed by atoms with E-state index in [0.29, 0.717) is 0 Å². The van der Waals surface area contributed by atoms with E-state index in [4.69, 9.17) is 0 Å². The van der Waals surface area contributed by atoms with Gasteiger partial charge in [-0.15, -0.1) is 0 Å². The minimum absolute atomic E-state index is 0.917. The molecular formula is C3H7SiY. The Morgan fingerprint density at radius 1 is 2.00 bits per heavy atom. The average Bonchev–Trinajstić information content (AvgIpc) is 1.38. The molecule has 0 aromatic heterocycles. The molecule has 0 spiro atoms. The van der Waals surface area contributed by atoms with Gasteiger partial charge in [-0.1, -0.05) is 0 Å². The second-order valence-corrected chi connectivity index (χ2v) is 8.29. The molecule has 0 bridgehead atoms. The van der Waals surface area contributed by atoms with Crippen molar-refractivity contribution in [3.05, 3.63) is 12.7 Å². The Labute approximate surface area is 55.9 Å². The summed E-state index contributed by atoms with van der Waals surface area (Å²) in [6, 6.07) is 0. The van der Waals surface area contributed by atoms with E-state index in [1.165, 1.54) is 41.2 Å². The third-order valence-corrected chi connectivity index (χ3v) is 1.51. The number of hydrogen-bond donors (Lipinski definition) is 0. The van der Waals surface area contributed by atoms with Crippen LogP contribution >= 0.6 is 0 Å². The van der Waals surface area contributed by atoms with Gasteiger partial charge in [0.15, 0.2) is 0 Å². The van der Waals surface area contributed by atoms with Crippen LogP contribution in [0.25, 0.3) is 0 Å². The standard InChI is InChI=1S/C3H7Si.Y/c1-2-3-4;/h2-3H,1H2,4H3;. The number of allylic oxidation sites excluding steroid dienone is 1. The van der Waals surface area contributed by atoms with Crippen molar-refractivity contribution >= 4 is 10.2 Å². The molecule has 1 atom stereocenters. The summed E-state index contributed by atoms with van der Waals surface area (Å²) in [7, 11) is 1.31. The van der Waals surface area contributed by atoms with Crippen LogP contribution in [0, 0.1) is 0 Å². The van der Waals surface area contributed by atoms with Crippen LogP contribution in [-0.4, -0.2) is 10.2 Å². The first-order valence-electron chi connectivity index (χ1n) is 1.65. The summed E-state index contributed by atoms with van der Waals surface area (Å²) in [5, 5.41) is 0. The van der Waals surface area contributed by atoms with Gasteiger partial charge in [0.25, 0.3) is 0 Å². The Kier molecular flexibility index (Phi) is 3.95. The Morgan fingerprint density at radius 3 is 2.20 bits per heavy atom. The third kappa shape index (κ3) is 5.06. The van der Waals surface area contributed by atoms with Gasteiger partial charge in [0, 0.05) is 0 Å². The normalized spacial score (nSPS) is 14.2. The van der Waals surface area contributed by atoms with E-state index in [1.807, 2.05) is 6.08 Å². The Hall–Kier alpha value is 1.06. The van der Waals surface area contributed by atoms with Gasteiger partial charge in [0.2, 0.25) is 0 Å². The van der Waals surface area contributed by atoms with E-state index < -0.39 is 0 Å². The van der Waals surface area contributed by atoms with Crippen LogP contribution in [-0.2, 0) is 31.0 Å². The summed E-state index contributed by atoms with van der Waals surface area (Å²) in [4.78, 5) is 0. The molecule has 0 amide bonds. The molecule has 0 aliphatic heterocycles. The maximum absolute atomic E-state index is 3.63. The number of hydrogen-bond acceptors (Lipinski definition) is 0. The van der Waals surface area contributed by atoms with Gasteiger partial charge < -0.3 is 0 Å². The van der Waals surface area contributed by atoms with Gasteiger partial charge in [0.05, 0.1) is 0 Å². The molecule has 0 aromatic rings. The van der Waals surface area contributed by atoms with E-state index in [-0.39, 0.29) is 0 Å². The molecule has 0 N–H and O–H groups in total. The molecule has 5 heavy (non-hydrogen) atoms. The summed E-state index contributed by atoms with van der Waals surface area (Å²) >= 11 is 1.37. The molecule has 0 aliphatic rings. The molecule has 1 unspecified atom stereocenters. The quantitative estimate of drug-likeness (QED) is 0.369. The molecular weight excluding hydrogens is 153 g/mol. The zero-order valence-corrected chi connectivity index (χ0v) is 8.28. The van der Waals surface area contributed by atoms with Crippen molar-refractivity contribution in [1.82, 2.24) is 0 Å². The first-order valence-corrected chi connectivity index (χ1v) is 4.45. The molecule has 0 rings (SSSR count). The third-order valence-electron chi connectivity index (χ3n) is 0.372. The van der Waals surface area contributed by atoms with Crippen molar-refractivity contribution in [3.63, 3.8) is 0 Å². The molecule has 0 aliphatic carbocycles. The van der Waals surface area contributed by atoms with E-state index in [9.17, 15) is 0 Å². The first-order chi connectivity index (χ1) is 2.27. The van der Waals surface area contributed by atoms with Crippen molar-refractivity contribution in [2.75, 3.05) is 0 Å². The van der Waals surface area contributed by atoms with Crippen LogP contribution < -0.4 is 0 Å². The van der Waals surface area contributed by atoms with E-state index in [1.54, 1.807) is 0 Å². The Balaban J connectivity index is 2.83. The van der Waals surface area contributed by atoms with E-state index in [0.717, 1.165) is 2.35 Å². The predicted octanol–water partition coefficient (Wildman–Crippen LogP) is -0.169. The van der Waals surface area contributed by atoms with Crippen LogP contribution in [0.1, 0.15) is 0 Å². The summed E-state index contributed by atoms with van der Waals surface area (Å²) in [6.07, 6.45) is 2.04. The Bertz CT molecular complexity index is 33.9. The molecule has 0 aromatic carbocycles. The van der Waals surface area contributed by atoms with Crippen molar-refractivity contribution in [2.45, 2.75) is 2.35 Å². The zero-order chi connectivity index (χ0) is 4.28. The topological polar surface area (TPSA) is 0 Å². The second kappa shape index (κ2) is 3.26. The molecule has 0 saturated heterocycles. The molecule has 0 nitrogen and oxygen atoms in total. The fourth-order valence-electron chi connectivity index (χ4n) is 0. The summed E-state index contributed by atoms with van der Waals surface area (Å²) in [5.41, 5.74) is 0. The SMILES string of the molecule is C=C[CH]([SiH3])[Y]. The maximum atomic E-state index is 3.63. The van der Waals surface area contributed by atoms with Gasteiger partial charge in [0.1, 0.15) is 0 Å². The zero-order valence-electron chi connectivity index (χ0n) is 3.44. The van der Waals surface area contributed by atoms with E-state index >= 15 is 0 Å². The fourth-order valence-corrected chi connectivity index (χ4v) is 0. The van der Waals surface area contributed by atoms with Crippen molar-refractivity contribution in [2.24, 2.45) is 0 Å². The predicted molar refractivity (Wildman–Crippen MR) is 23.9 cm³/mol. The molecule has 0 fully saturated rings. The van der Waals surface area contributed by atoms with Crippen molar-refractivity contribution < 1.29 is 31.0 Å². The summed E-state index contributed by atoms with van der Waals surface area (Å²) < 4.78 is 0.917. The van der Waals surface area contributed by atoms with Crippen LogP contribution in [0.3, 0.4) is 0 Å². The van der Waals surface area contributed by atoms with Crippen molar-refractivity contribution in [1.29, 1.82) is 0 Å².